The second kappa shape index (κ2) is 5.84. The molecule has 16 heavy (non-hydrogen) atoms. The summed E-state index contributed by atoms with van der Waals surface area (Å²) in [6.07, 6.45) is 1.80. The summed E-state index contributed by atoms with van der Waals surface area (Å²) < 4.78 is 0. The van der Waals surface area contributed by atoms with Crippen molar-refractivity contribution in [3.05, 3.63) is 0 Å². The van der Waals surface area contributed by atoms with Gasteiger partial charge in [0, 0.05) is 19.5 Å². The molecule has 0 fully saturated rings. The zero-order chi connectivity index (χ0) is 12.9. The van der Waals surface area contributed by atoms with Crippen molar-refractivity contribution >= 4 is 11.9 Å². The van der Waals surface area contributed by atoms with Gasteiger partial charge < -0.3 is 15.7 Å². The van der Waals surface area contributed by atoms with Crippen LogP contribution in [-0.2, 0) is 9.59 Å². The van der Waals surface area contributed by atoms with Crippen LogP contribution in [0.1, 0.15) is 40.0 Å². The van der Waals surface area contributed by atoms with Crippen LogP contribution < -0.4 is 5.73 Å². The van der Waals surface area contributed by atoms with Crippen molar-refractivity contribution in [3.8, 4) is 0 Å². The molecule has 0 aromatic carbocycles. The van der Waals surface area contributed by atoms with E-state index in [0.717, 1.165) is 6.42 Å². The van der Waals surface area contributed by atoms with Crippen LogP contribution in [-0.4, -0.2) is 40.5 Å². The number of aliphatic carboxylic acids is 1. The Hall–Kier alpha value is -1.10. The molecule has 5 nitrogen and oxygen atoms in total. The number of carboxylic acids is 1. The molecule has 1 atom stereocenters. The highest BCUT2D eigenvalue weighted by atomic mass is 16.4. The Morgan fingerprint density at radius 1 is 1.44 bits per heavy atom. The lowest BCUT2D eigenvalue weighted by Gasteiger charge is -2.31. The standard InChI is InChI=1S/C11H22N2O3/c1-8(12)6-5-7-9(14)13(4)11(2,3)10(15)16/h8H,5-7,12H2,1-4H3,(H,15,16). The SMILES string of the molecule is CC(N)CCCC(=O)N(C)C(C)(C)C(=O)O. The molecule has 0 heterocycles. The van der Waals surface area contributed by atoms with E-state index < -0.39 is 11.5 Å². The maximum Gasteiger partial charge on any atom is 0.329 e. The van der Waals surface area contributed by atoms with Gasteiger partial charge in [-0.2, -0.15) is 0 Å². The van der Waals surface area contributed by atoms with Crippen LogP contribution in [0.25, 0.3) is 0 Å². The second-order valence-electron chi connectivity index (χ2n) is 4.69. The van der Waals surface area contributed by atoms with E-state index in [1.165, 1.54) is 25.8 Å². The first-order valence-corrected chi connectivity index (χ1v) is 5.45. The lowest BCUT2D eigenvalue weighted by molar-refractivity contribution is -0.155. The smallest absolute Gasteiger partial charge is 0.329 e. The Kier molecular flexibility index (Phi) is 5.44. The van der Waals surface area contributed by atoms with Gasteiger partial charge in [-0.05, 0) is 33.6 Å². The van der Waals surface area contributed by atoms with Crippen LogP contribution >= 0.6 is 0 Å². The lowest BCUT2D eigenvalue weighted by atomic mass is 10.0. The number of rotatable bonds is 6. The lowest BCUT2D eigenvalue weighted by Crippen LogP contribution is -2.50. The molecule has 0 radical (unpaired) electrons. The number of carbonyl (C=O) groups is 2. The quantitative estimate of drug-likeness (QED) is 0.707. The van der Waals surface area contributed by atoms with Crippen LogP contribution in [0.15, 0.2) is 0 Å². The summed E-state index contributed by atoms with van der Waals surface area (Å²) in [6.45, 7) is 4.91. The Morgan fingerprint density at radius 3 is 2.31 bits per heavy atom. The van der Waals surface area contributed by atoms with Gasteiger partial charge in [0.05, 0.1) is 0 Å². The van der Waals surface area contributed by atoms with E-state index in [9.17, 15) is 9.59 Å². The molecule has 1 unspecified atom stereocenters. The van der Waals surface area contributed by atoms with E-state index >= 15 is 0 Å². The molecule has 0 aliphatic carbocycles. The fourth-order valence-electron chi connectivity index (χ4n) is 1.20. The van der Waals surface area contributed by atoms with E-state index in [2.05, 4.69) is 0 Å². The minimum absolute atomic E-state index is 0.0746. The van der Waals surface area contributed by atoms with Crippen molar-refractivity contribution < 1.29 is 14.7 Å². The fraction of sp³-hybridized carbons (Fsp3) is 0.818. The van der Waals surface area contributed by atoms with E-state index in [0.29, 0.717) is 12.8 Å². The highest BCUT2D eigenvalue weighted by Crippen LogP contribution is 2.14. The third kappa shape index (κ3) is 4.18. The topological polar surface area (TPSA) is 83.6 Å². The molecule has 0 rings (SSSR count). The first kappa shape index (κ1) is 14.9. The van der Waals surface area contributed by atoms with Gasteiger partial charge in [-0.15, -0.1) is 0 Å². The molecule has 0 aliphatic rings. The Labute approximate surface area is 96.6 Å². The van der Waals surface area contributed by atoms with Crippen molar-refractivity contribution in [1.29, 1.82) is 0 Å². The monoisotopic (exact) mass is 230 g/mol. The minimum Gasteiger partial charge on any atom is -0.480 e. The largest absolute Gasteiger partial charge is 0.480 e. The normalized spacial score (nSPS) is 13.3. The summed E-state index contributed by atoms with van der Waals surface area (Å²) in [5, 5.41) is 8.96. The molecule has 0 aromatic rings. The van der Waals surface area contributed by atoms with Gasteiger partial charge in [0.15, 0.2) is 0 Å². The number of amides is 1. The average molecular weight is 230 g/mol. The van der Waals surface area contributed by atoms with Crippen LogP contribution in [0.4, 0.5) is 0 Å². The number of likely N-dealkylation sites (N-methyl/N-ethyl adjacent to an activating group) is 1. The molecule has 5 heteroatoms. The summed E-state index contributed by atoms with van der Waals surface area (Å²) in [5.41, 5.74) is 4.41. The van der Waals surface area contributed by atoms with E-state index in [-0.39, 0.29) is 11.9 Å². The molecule has 0 aromatic heterocycles. The molecule has 0 bridgehead atoms. The number of hydrogen-bond donors (Lipinski definition) is 2. The van der Waals surface area contributed by atoms with Crippen LogP contribution in [0.3, 0.4) is 0 Å². The predicted molar refractivity (Wildman–Crippen MR) is 62.0 cm³/mol. The number of carboxylic acid groups (broad SMARTS) is 1. The number of hydrogen-bond acceptors (Lipinski definition) is 3. The summed E-state index contributed by atoms with van der Waals surface area (Å²) in [6, 6.07) is 0.0746. The van der Waals surface area contributed by atoms with E-state index in [4.69, 9.17) is 10.8 Å². The third-order valence-electron chi connectivity index (χ3n) is 2.79. The Morgan fingerprint density at radius 2 is 1.94 bits per heavy atom. The van der Waals surface area contributed by atoms with E-state index in [1.807, 2.05) is 6.92 Å². The molecule has 0 aliphatic heterocycles. The second-order valence-corrected chi connectivity index (χ2v) is 4.69. The maximum absolute atomic E-state index is 11.7. The molecule has 1 amide bonds. The van der Waals surface area contributed by atoms with Crippen molar-refractivity contribution in [2.45, 2.75) is 51.6 Å². The van der Waals surface area contributed by atoms with Gasteiger partial charge in [-0.3, -0.25) is 4.79 Å². The fourth-order valence-corrected chi connectivity index (χ4v) is 1.20. The van der Waals surface area contributed by atoms with Gasteiger partial charge in [0.2, 0.25) is 5.91 Å². The van der Waals surface area contributed by atoms with Gasteiger partial charge in [0.25, 0.3) is 0 Å². The van der Waals surface area contributed by atoms with Crippen molar-refractivity contribution in [2.75, 3.05) is 7.05 Å². The van der Waals surface area contributed by atoms with Gasteiger partial charge >= 0.3 is 5.97 Å². The first-order valence-electron chi connectivity index (χ1n) is 5.45. The molecular weight excluding hydrogens is 208 g/mol. The Balaban J connectivity index is 4.24. The molecule has 0 spiro atoms. The highest BCUT2D eigenvalue weighted by Gasteiger charge is 2.34. The molecule has 94 valence electrons. The van der Waals surface area contributed by atoms with Crippen LogP contribution in [0.5, 0.6) is 0 Å². The highest BCUT2D eigenvalue weighted by molar-refractivity contribution is 5.86. The third-order valence-corrected chi connectivity index (χ3v) is 2.79. The van der Waals surface area contributed by atoms with E-state index in [1.54, 1.807) is 0 Å². The predicted octanol–water partition coefficient (Wildman–Crippen LogP) is 0.825. The molecule has 0 saturated heterocycles. The molecular formula is C11H22N2O3. The number of nitrogens with zero attached hydrogens (tertiary/aromatic N) is 1. The molecule has 0 saturated carbocycles. The van der Waals surface area contributed by atoms with Gasteiger partial charge in [0.1, 0.15) is 5.54 Å². The number of carbonyl (C=O) groups excluding carboxylic acids is 1. The molecule has 3 N–H and O–H groups in total. The summed E-state index contributed by atoms with van der Waals surface area (Å²) in [7, 11) is 1.52. The van der Waals surface area contributed by atoms with Gasteiger partial charge in [-0.25, -0.2) is 4.79 Å². The first-order chi connectivity index (χ1) is 7.19. The average Bonchev–Trinajstić information content (AvgIpc) is 2.15. The van der Waals surface area contributed by atoms with Gasteiger partial charge in [-0.1, -0.05) is 0 Å². The minimum atomic E-state index is -1.16. The summed E-state index contributed by atoms with van der Waals surface area (Å²) in [5.74, 6) is -1.16. The van der Waals surface area contributed by atoms with Crippen LogP contribution in [0.2, 0.25) is 0 Å². The summed E-state index contributed by atoms with van der Waals surface area (Å²) in [4.78, 5) is 23.9. The Bertz CT molecular complexity index is 262. The number of nitrogens with two attached hydrogens (primary N) is 1. The zero-order valence-electron chi connectivity index (χ0n) is 10.5. The van der Waals surface area contributed by atoms with Crippen molar-refractivity contribution in [3.63, 3.8) is 0 Å². The summed E-state index contributed by atoms with van der Waals surface area (Å²) >= 11 is 0. The van der Waals surface area contributed by atoms with Crippen molar-refractivity contribution in [2.24, 2.45) is 5.73 Å². The van der Waals surface area contributed by atoms with Crippen LogP contribution in [0, 0.1) is 0 Å². The zero-order valence-corrected chi connectivity index (χ0v) is 10.5. The maximum atomic E-state index is 11.7. The van der Waals surface area contributed by atoms with Crippen molar-refractivity contribution in [1.82, 2.24) is 4.90 Å².